The maximum atomic E-state index is 11.8. The Morgan fingerprint density at radius 1 is 1.05 bits per heavy atom. The van der Waals surface area contributed by atoms with Gasteiger partial charge in [-0.25, -0.2) is 0 Å². The normalized spacial score (nSPS) is 10.3. The molecule has 0 aromatic heterocycles. The molecule has 0 saturated carbocycles. The third kappa shape index (κ3) is 6.23. The monoisotopic (exact) mass is 319 g/mol. The summed E-state index contributed by atoms with van der Waals surface area (Å²) < 4.78 is 0. The van der Waals surface area contributed by atoms with E-state index >= 15 is 0 Å². The Bertz CT molecular complexity index is 557. The summed E-state index contributed by atoms with van der Waals surface area (Å²) in [4.78, 5) is 11.8. The first-order chi connectivity index (χ1) is 10.2. The number of carbonyl (C=O) groups excluding carboxylic acids is 1. The van der Waals surface area contributed by atoms with Crippen molar-refractivity contribution in [2.24, 2.45) is 0 Å². The summed E-state index contributed by atoms with van der Waals surface area (Å²) in [5.41, 5.74) is 2.12. The second kappa shape index (κ2) is 8.75. The van der Waals surface area contributed by atoms with E-state index < -0.39 is 0 Å². The van der Waals surface area contributed by atoms with Crippen LogP contribution in [0.3, 0.4) is 0 Å². The highest BCUT2D eigenvalue weighted by molar-refractivity contribution is 7.98. The van der Waals surface area contributed by atoms with Gasteiger partial charge < -0.3 is 5.32 Å². The van der Waals surface area contributed by atoms with Crippen LogP contribution < -0.4 is 5.32 Å². The SMILES string of the molecule is O=C(CCCSCc1ccccc1)Nc1ccc(Cl)cc1. The van der Waals surface area contributed by atoms with Gasteiger partial charge in [-0.1, -0.05) is 41.9 Å². The van der Waals surface area contributed by atoms with E-state index in [0.29, 0.717) is 11.4 Å². The summed E-state index contributed by atoms with van der Waals surface area (Å²) in [6, 6.07) is 17.5. The minimum atomic E-state index is 0.0534. The molecule has 0 fully saturated rings. The zero-order valence-corrected chi connectivity index (χ0v) is 13.3. The molecule has 0 aliphatic carbocycles. The number of amides is 1. The standard InChI is InChI=1S/C17H18ClNOS/c18-15-8-10-16(11-9-15)19-17(20)7-4-12-21-13-14-5-2-1-3-6-14/h1-3,5-6,8-11H,4,7,12-13H2,(H,19,20). The molecule has 2 rings (SSSR count). The lowest BCUT2D eigenvalue weighted by atomic mass is 10.2. The van der Waals surface area contributed by atoms with Crippen LogP contribution in [0.1, 0.15) is 18.4 Å². The largest absolute Gasteiger partial charge is 0.326 e. The number of halogens is 1. The van der Waals surface area contributed by atoms with E-state index in [1.165, 1.54) is 5.56 Å². The van der Waals surface area contributed by atoms with Crippen molar-refractivity contribution in [1.29, 1.82) is 0 Å². The van der Waals surface area contributed by atoms with E-state index in [1.807, 2.05) is 30.0 Å². The Balaban J connectivity index is 1.60. The third-order valence-corrected chi connectivity index (χ3v) is 4.30. The van der Waals surface area contributed by atoms with Crippen molar-refractivity contribution in [2.75, 3.05) is 11.1 Å². The van der Waals surface area contributed by atoms with Gasteiger partial charge >= 0.3 is 0 Å². The number of rotatable bonds is 7. The molecule has 2 nitrogen and oxygen atoms in total. The Hall–Kier alpha value is -1.45. The molecule has 110 valence electrons. The number of nitrogens with one attached hydrogen (secondary N) is 1. The van der Waals surface area contributed by atoms with Crippen molar-refractivity contribution in [3.05, 3.63) is 65.2 Å². The molecule has 2 aromatic rings. The van der Waals surface area contributed by atoms with Gasteiger partial charge in [0, 0.05) is 22.9 Å². The fourth-order valence-corrected chi connectivity index (χ4v) is 2.90. The Kier molecular flexibility index (Phi) is 6.64. The van der Waals surface area contributed by atoms with Crippen LogP contribution in [-0.4, -0.2) is 11.7 Å². The molecule has 0 heterocycles. The zero-order valence-electron chi connectivity index (χ0n) is 11.7. The molecule has 0 bridgehead atoms. The summed E-state index contributed by atoms with van der Waals surface area (Å²) in [6.45, 7) is 0. The molecular weight excluding hydrogens is 302 g/mol. The topological polar surface area (TPSA) is 29.1 Å². The summed E-state index contributed by atoms with van der Waals surface area (Å²) in [6.07, 6.45) is 1.43. The summed E-state index contributed by atoms with van der Waals surface area (Å²) in [7, 11) is 0. The van der Waals surface area contributed by atoms with Gasteiger partial charge in [-0.05, 0) is 42.0 Å². The van der Waals surface area contributed by atoms with Crippen LogP contribution >= 0.6 is 23.4 Å². The Labute approximate surface area is 134 Å². The van der Waals surface area contributed by atoms with Gasteiger partial charge in [0.25, 0.3) is 0 Å². The van der Waals surface area contributed by atoms with E-state index in [2.05, 4.69) is 29.6 Å². The van der Waals surface area contributed by atoms with E-state index in [0.717, 1.165) is 23.6 Å². The lowest BCUT2D eigenvalue weighted by molar-refractivity contribution is -0.116. The predicted octanol–water partition coefficient (Wildman–Crippen LogP) is 4.99. The first-order valence-electron chi connectivity index (χ1n) is 6.91. The van der Waals surface area contributed by atoms with E-state index in [4.69, 9.17) is 11.6 Å². The summed E-state index contributed by atoms with van der Waals surface area (Å²) >= 11 is 7.66. The molecule has 2 aromatic carbocycles. The minimum Gasteiger partial charge on any atom is -0.326 e. The fourth-order valence-electron chi connectivity index (χ4n) is 1.86. The smallest absolute Gasteiger partial charge is 0.224 e. The minimum absolute atomic E-state index is 0.0534. The average molecular weight is 320 g/mol. The molecule has 0 atom stereocenters. The van der Waals surface area contributed by atoms with Crippen LogP contribution in [0.2, 0.25) is 5.02 Å². The highest BCUT2D eigenvalue weighted by atomic mass is 35.5. The zero-order chi connectivity index (χ0) is 14.9. The number of thioether (sulfide) groups is 1. The summed E-state index contributed by atoms with van der Waals surface area (Å²) in [5.74, 6) is 2.04. The van der Waals surface area contributed by atoms with E-state index in [9.17, 15) is 4.79 Å². The Morgan fingerprint density at radius 3 is 2.48 bits per heavy atom. The van der Waals surface area contributed by atoms with Crippen molar-refractivity contribution >= 4 is 35.0 Å². The molecule has 0 spiro atoms. The maximum Gasteiger partial charge on any atom is 0.224 e. The van der Waals surface area contributed by atoms with Gasteiger partial charge in [0.05, 0.1) is 0 Å². The van der Waals surface area contributed by atoms with Crippen molar-refractivity contribution in [2.45, 2.75) is 18.6 Å². The van der Waals surface area contributed by atoms with Gasteiger partial charge in [0.1, 0.15) is 0 Å². The molecule has 4 heteroatoms. The number of anilines is 1. The predicted molar refractivity (Wildman–Crippen MR) is 91.9 cm³/mol. The number of carbonyl (C=O) groups is 1. The van der Waals surface area contributed by atoms with Crippen LogP contribution in [0.4, 0.5) is 5.69 Å². The average Bonchev–Trinajstić information content (AvgIpc) is 2.50. The lowest BCUT2D eigenvalue weighted by Crippen LogP contribution is -2.11. The summed E-state index contributed by atoms with van der Waals surface area (Å²) in [5, 5.41) is 3.54. The highest BCUT2D eigenvalue weighted by Crippen LogP contribution is 2.15. The molecule has 0 aliphatic heterocycles. The quantitative estimate of drug-likeness (QED) is 0.728. The van der Waals surface area contributed by atoms with Crippen LogP contribution in [0.15, 0.2) is 54.6 Å². The van der Waals surface area contributed by atoms with E-state index in [-0.39, 0.29) is 5.91 Å². The molecular formula is C17H18ClNOS. The van der Waals surface area contributed by atoms with Crippen molar-refractivity contribution in [3.63, 3.8) is 0 Å². The van der Waals surface area contributed by atoms with Gasteiger partial charge in [0.15, 0.2) is 0 Å². The number of benzene rings is 2. The fraction of sp³-hybridized carbons (Fsp3) is 0.235. The van der Waals surface area contributed by atoms with E-state index in [1.54, 1.807) is 12.1 Å². The third-order valence-electron chi connectivity index (χ3n) is 2.93. The van der Waals surface area contributed by atoms with Crippen molar-refractivity contribution in [1.82, 2.24) is 0 Å². The Morgan fingerprint density at radius 2 is 1.76 bits per heavy atom. The van der Waals surface area contributed by atoms with Gasteiger partial charge in [-0.3, -0.25) is 4.79 Å². The molecule has 1 amide bonds. The van der Waals surface area contributed by atoms with Crippen LogP contribution in [0, 0.1) is 0 Å². The highest BCUT2D eigenvalue weighted by Gasteiger charge is 2.02. The second-order valence-corrected chi connectivity index (χ2v) is 6.24. The van der Waals surface area contributed by atoms with Gasteiger partial charge in [0.2, 0.25) is 5.91 Å². The lowest BCUT2D eigenvalue weighted by Gasteiger charge is -2.05. The maximum absolute atomic E-state index is 11.8. The van der Waals surface area contributed by atoms with Crippen LogP contribution in [0.25, 0.3) is 0 Å². The number of hydrogen-bond donors (Lipinski definition) is 1. The number of hydrogen-bond acceptors (Lipinski definition) is 2. The van der Waals surface area contributed by atoms with Crippen molar-refractivity contribution < 1.29 is 4.79 Å². The molecule has 0 radical (unpaired) electrons. The molecule has 0 saturated heterocycles. The molecule has 21 heavy (non-hydrogen) atoms. The first-order valence-corrected chi connectivity index (χ1v) is 8.44. The first kappa shape index (κ1) is 15.9. The van der Waals surface area contributed by atoms with Crippen LogP contribution in [-0.2, 0) is 10.5 Å². The molecule has 0 aliphatic rings. The van der Waals surface area contributed by atoms with Gasteiger partial charge in [-0.15, -0.1) is 0 Å². The van der Waals surface area contributed by atoms with Crippen LogP contribution in [0.5, 0.6) is 0 Å². The molecule has 1 N–H and O–H groups in total. The second-order valence-electron chi connectivity index (χ2n) is 4.70. The van der Waals surface area contributed by atoms with Crippen molar-refractivity contribution in [3.8, 4) is 0 Å². The van der Waals surface area contributed by atoms with Gasteiger partial charge in [-0.2, -0.15) is 11.8 Å². The molecule has 0 unspecified atom stereocenters.